The van der Waals surface area contributed by atoms with Gasteiger partial charge in [0.1, 0.15) is 0 Å². The minimum Gasteiger partial charge on any atom is -0.306 e. The van der Waals surface area contributed by atoms with Crippen molar-refractivity contribution >= 4 is 11.6 Å². The molecule has 4 heteroatoms. The van der Waals surface area contributed by atoms with Crippen LogP contribution in [0.3, 0.4) is 0 Å². The Bertz CT molecular complexity index is 577. The smallest absolute Gasteiger partial charge is 0.0611 e. The molecule has 0 aliphatic heterocycles. The third-order valence-corrected chi connectivity index (χ3v) is 4.07. The fourth-order valence-corrected chi connectivity index (χ4v) is 2.69. The van der Waals surface area contributed by atoms with Crippen LogP contribution in [-0.2, 0) is 6.54 Å². The fourth-order valence-electron chi connectivity index (χ4n) is 2.51. The van der Waals surface area contributed by atoms with Crippen molar-refractivity contribution in [3.63, 3.8) is 0 Å². The molecule has 0 radical (unpaired) electrons. The highest BCUT2D eigenvalue weighted by atomic mass is 35.5. The van der Waals surface area contributed by atoms with E-state index in [1.54, 1.807) is 0 Å². The first-order valence-corrected chi connectivity index (χ1v) is 8.05. The normalized spacial score (nSPS) is 12.6. The number of aromatic nitrogens is 2. The quantitative estimate of drug-likeness (QED) is 0.824. The largest absolute Gasteiger partial charge is 0.306 e. The van der Waals surface area contributed by atoms with Gasteiger partial charge >= 0.3 is 0 Å². The van der Waals surface area contributed by atoms with E-state index in [1.807, 2.05) is 23.0 Å². The molecule has 0 amide bonds. The minimum absolute atomic E-state index is 0.147. The number of nitrogens with one attached hydrogen (secondary N) is 1. The SMILES string of the molecule is CCCNC(c1cnn(CCC)c1)c1cccc(Cl)c1C. The Kier molecular flexibility index (Phi) is 5.83. The third kappa shape index (κ3) is 3.86. The predicted octanol–water partition coefficient (Wildman–Crippen LogP) is 4.34. The number of nitrogens with zero attached hydrogens (tertiary/aromatic N) is 2. The summed E-state index contributed by atoms with van der Waals surface area (Å²) in [6, 6.07) is 6.25. The van der Waals surface area contributed by atoms with Crippen molar-refractivity contribution in [1.29, 1.82) is 0 Å². The summed E-state index contributed by atoms with van der Waals surface area (Å²) in [5.74, 6) is 0. The van der Waals surface area contributed by atoms with Crippen molar-refractivity contribution in [2.45, 2.75) is 46.2 Å². The maximum absolute atomic E-state index is 6.29. The lowest BCUT2D eigenvalue weighted by Crippen LogP contribution is -2.23. The van der Waals surface area contributed by atoms with Gasteiger partial charge < -0.3 is 5.32 Å². The second-order valence-corrected chi connectivity index (χ2v) is 5.79. The van der Waals surface area contributed by atoms with E-state index in [2.05, 4.69) is 43.4 Å². The standard InChI is InChI=1S/C17H24ClN3/c1-4-9-19-17(14-11-20-21(12-14)10-5-2)15-7-6-8-16(18)13(15)3/h6-8,11-12,17,19H,4-5,9-10H2,1-3H3. The average Bonchev–Trinajstić information content (AvgIpc) is 2.92. The van der Waals surface area contributed by atoms with Crippen LogP contribution in [0.2, 0.25) is 5.02 Å². The molecule has 3 nitrogen and oxygen atoms in total. The molecule has 1 atom stereocenters. The Morgan fingerprint density at radius 3 is 2.81 bits per heavy atom. The summed E-state index contributed by atoms with van der Waals surface area (Å²) in [6.07, 6.45) is 6.28. The Balaban J connectivity index is 2.34. The molecule has 1 aromatic carbocycles. The second kappa shape index (κ2) is 7.62. The zero-order valence-electron chi connectivity index (χ0n) is 13.1. The maximum atomic E-state index is 6.29. The van der Waals surface area contributed by atoms with Crippen molar-refractivity contribution in [2.24, 2.45) is 0 Å². The summed E-state index contributed by atoms with van der Waals surface area (Å²) in [5, 5.41) is 8.89. The zero-order chi connectivity index (χ0) is 15.2. The Labute approximate surface area is 132 Å². The molecule has 114 valence electrons. The fraction of sp³-hybridized carbons (Fsp3) is 0.471. The maximum Gasteiger partial charge on any atom is 0.0611 e. The van der Waals surface area contributed by atoms with Crippen LogP contribution in [0.15, 0.2) is 30.6 Å². The molecule has 21 heavy (non-hydrogen) atoms. The number of hydrogen-bond donors (Lipinski definition) is 1. The van der Waals surface area contributed by atoms with Crippen molar-refractivity contribution in [1.82, 2.24) is 15.1 Å². The summed E-state index contributed by atoms with van der Waals surface area (Å²) in [7, 11) is 0. The van der Waals surface area contributed by atoms with Gasteiger partial charge in [0.2, 0.25) is 0 Å². The Morgan fingerprint density at radius 2 is 2.10 bits per heavy atom. The topological polar surface area (TPSA) is 29.9 Å². The molecule has 0 bridgehead atoms. The molecule has 1 heterocycles. The van der Waals surface area contributed by atoms with Crippen molar-refractivity contribution in [3.05, 3.63) is 52.3 Å². The highest BCUT2D eigenvalue weighted by Gasteiger charge is 2.18. The second-order valence-electron chi connectivity index (χ2n) is 5.38. The number of halogens is 1. The summed E-state index contributed by atoms with van der Waals surface area (Å²) in [6.45, 7) is 8.34. The first-order chi connectivity index (χ1) is 10.2. The van der Waals surface area contributed by atoms with Crippen LogP contribution in [0.25, 0.3) is 0 Å². The summed E-state index contributed by atoms with van der Waals surface area (Å²) in [5.41, 5.74) is 3.56. The third-order valence-electron chi connectivity index (χ3n) is 3.66. The molecule has 0 spiro atoms. The van der Waals surface area contributed by atoms with E-state index < -0.39 is 0 Å². The van der Waals surface area contributed by atoms with Crippen LogP contribution in [0.4, 0.5) is 0 Å². The molecule has 1 unspecified atom stereocenters. The zero-order valence-corrected chi connectivity index (χ0v) is 13.8. The summed E-state index contributed by atoms with van der Waals surface area (Å²) >= 11 is 6.29. The number of rotatable bonds is 7. The number of hydrogen-bond acceptors (Lipinski definition) is 2. The Morgan fingerprint density at radius 1 is 1.29 bits per heavy atom. The lowest BCUT2D eigenvalue weighted by Gasteiger charge is -2.20. The molecule has 2 aromatic rings. The molecule has 0 fully saturated rings. The van der Waals surface area contributed by atoms with Gasteiger partial charge in [0.25, 0.3) is 0 Å². The van der Waals surface area contributed by atoms with Crippen molar-refractivity contribution in [3.8, 4) is 0 Å². The van der Waals surface area contributed by atoms with E-state index in [-0.39, 0.29) is 6.04 Å². The van der Waals surface area contributed by atoms with Gasteiger partial charge in [-0.25, -0.2) is 0 Å². The molecule has 1 aromatic heterocycles. The molecule has 2 rings (SSSR count). The van der Waals surface area contributed by atoms with Crippen LogP contribution < -0.4 is 5.32 Å². The molecular weight excluding hydrogens is 282 g/mol. The van der Waals surface area contributed by atoms with Crippen LogP contribution >= 0.6 is 11.6 Å². The van der Waals surface area contributed by atoms with E-state index in [0.717, 1.165) is 36.5 Å². The van der Waals surface area contributed by atoms with Gasteiger partial charge in [0, 0.05) is 23.3 Å². The lowest BCUT2D eigenvalue weighted by molar-refractivity contribution is 0.587. The lowest BCUT2D eigenvalue weighted by atomic mass is 9.97. The number of aryl methyl sites for hydroxylation is 1. The van der Waals surface area contributed by atoms with Gasteiger partial charge in [-0.3, -0.25) is 4.68 Å². The van der Waals surface area contributed by atoms with E-state index >= 15 is 0 Å². The van der Waals surface area contributed by atoms with Gasteiger partial charge in [0.15, 0.2) is 0 Å². The van der Waals surface area contributed by atoms with Gasteiger partial charge in [-0.2, -0.15) is 5.10 Å². The van der Waals surface area contributed by atoms with Crippen LogP contribution in [0.5, 0.6) is 0 Å². The molecule has 1 N–H and O–H groups in total. The highest BCUT2D eigenvalue weighted by Crippen LogP contribution is 2.28. The number of benzene rings is 1. The molecule has 0 saturated carbocycles. The van der Waals surface area contributed by atoms with Crippen molar-refractivity contribution < 1.29 is 0 Å². The molecule has 0 aliphatic carbocycles. The predicted molar refractivity (Wildman–Crippen MR) is 88.8 cm³/mol. The minimum atomic E-state index is 0.147. The van der Waals surface area contributed by atoms with E-state index in [9.17, 15) is 0 Å². The summed E-state index contributed by atoms with van der Waals surface area (Å²) in [4.78, 5) is 0. The first kappa shape index (κ1) is 16.1. The molecule has 0 aliphatic rings. The molecule has 0 saturated heterocycles. The van der Waals surface area contributed by atoms with Gasteiger partial charge in [0.05, 0.1) is 12.2 Å². The van der Waals surface area contributed by atoms with Crippen LogP contribution in [-0.4, -0.2) is 16.3 Å². The first-order valence-electron chi connectivity index (χ1n) is 7.68. The van der Waals surface area contributed by atoms with E-state index in [1.165, 1.54) is 11.1 Å². The van der Waals surface area contributed by atoms with Gasteiger partial charge in [-0.15, -0.1) is 0 Å². The summed E-state index contributed by atoms with van der Waals surface area (Å²) < 4.78 is 2.01. The van der Waals surface area contributed by atoms with E-state index in [4.69, 9.17) is 11.6 Å². The van der Waals surface area contributed by atoms with Crippen LogP contribution in [0.1, 0.15) is 49.4 Å². The molecular formula is C17H24ClN3. The van der Waals surface area contributed by atoms with Gasteiger partial charge in [-0.05, 0) is 43.5 Å². The van der Waals surface area contributed by atoms with Crippen LogP contribution in [0, 0.1) is 6.92 Å². The Hall–Kier alpha value is -1.32. The average molecular weight is 306 g/mol. The van der Waals surface area contributed by atoms with Gasteiger partial charge in [-0.1, -0.05) is 37.6 Å². The van der Waals surface area contributed by atoms with Crippen molar-refractivity contribution in [2.75, 3.05) is 6.54 Å². The van der Waals surface area contributed by atoms with E-state index in [0.29, 0.717) is 0 Å². The monoisotopic (exact) mass is 305 g/mol. The highest BCUT2D eigenvalue weighted by molar-refractivity contribution is 6.31.